The zero-order valence-electron chi connectivity index (χ0n) is 17.7. The number of amides is 2. The van der Waals surface area contributed by atoms with Crippen LogP contribution in [0.15, 0.2) is 48.9 Å². The van der Waals surface area contributed by atoms with E-state index in [1.807, 2.05) is 6.92 Å². The molecular formula is C24H22ClFN4O2. The maximum atomic E-state index is 14.6. The van der Waals surface area contributed by atoms with Crippen molar-refractivity contribution < 1.29 is 14.0 Å². The molecule has 0 saturated heterocycles. The number of aromatic nitrogens is 2. The van der Waals surface area contributed by atoms with Gasteiger partial charge in [-0.1, -0.05) is 17.7 Å². The molecule has 164 valence electrons. The lowest BCUT2D eigenvalue weighted by Crippen LogP contribution is -2.44. The van der Waals surface area contributed by atoms with Crippen LogP contribution in [0.2, 0.25) is 5.02 Å². The average Bonchev–Trinajstić information content (AvgIpc) is 3.17. The van der Waals surface area contributed by atoms with Gasteiger partial charge in [-0.2, -0.15) is 0 Å². The first kappa shape index (κ1) is 21.9. The molecule has 2 atom stereocenters. The molecule has 0 radical (unpaired) electrons. The van der Waals surface area contributed by atoms with Gasteiger partial charge in [-0.25, -0.2) is 4.39 Å². The first-order valence-corrected chi connectivity index (χ1v) is 10.6. The highest BCUT2D eigenvalue weighted by Crippen LogP contribution is 2.43. The molecule has 1 aliphatic carbocycles. The van der Waals surface area contributed by atoms with Gasteiger partial charge >= 0.3 is 0 Å². The largest absolute Gasteiger partial charge is 0.368 e. The van der Waals surface area contributed by atoms with Gasteiger partial charge in [0.25, 0.3) is 5.91 Å². The van der Waals surface area contributed by atoms with E-state index in [0.29, 0.717) is 40.8 Å². The van der Waals surface area contributed by atoms with Crippen LogP contribution in [0.1, 0.15) is 56.8 Å². The molecule has 0 spiro atoms. The molecule has 1 aliphatic rings. The molecule has 2 heterocycles. The summed E-state index contributed by atoms with van der Waals surface area (Å²) >= 11 is 6.15. The summed E-state index contributed by atoms with van der Waals surface area (Å²) in [5.74, 6) is -1.54. The molecule has 2 amide bonds. The van der Waals surface area contributed by atoms with E-state index in [-0.39, 0.29) is 5.02 Å². The van der Waals surface area contributed by atoms with Gasteiger partial charge in [-0.15, -0.1) is 0 Å². The second kappa shape index (κ2) is 8.67. The van der Waals surface area contributed by atoms with Crippen molar-refractivity contribution in [1.29, 1.82) is 0 Å². The van der Waals surface area contributed by atoms with Crippen LogP contribution in [0, 0.1) is 19.7 Å². The highest BCUT2D eigenvalue weighted by molar-refractivity contribution is 6.30. The molecule has 3 aromatic rings. The molecule has 2 aromatic heterocycles. The van der Waals surface area contributed by atoms with E-state index < -0.39 is 29.7 Å². The van der Waals surface area contributed by atoms with E-state index in [2.05, 4.69) is 9.97 Å². The van der Waals surface area contributed by atoms with Crippen LogP contribution in [0.25, 0.3) is 0 Å². The second-order valence-corrected chi connectivity index (χ2v) is 8.40. The number of nitrogens with two attached hydrogens (primary N) is 1. The molecule has 6 nitrogen and oxygen atoms in total. The molecule has 0 unspecified atom stereocenters. The summed E-state index contributed by atoms with van der Waals surface area (Å²) in [4.78, 5) is 36.5. The van der Waals surface area contributed by atoms with Crippen LogP contribution in [0.5, 0.6) is 0 Å². The minimum Gasteiger partial charge on any atom is -0.368 e. The number of nitrogens with zero attached hydrogens (tertiary/aromatic N) is 3. The van der Waals surface area contributed by atoms with Crippen molar-refractivity contribution in [1.82, 2.24) is 14.9 Å². The van der Waals surface area contributed by atoms with Gasteiger partial charge in [0.1, 0.15) is 11.9 Å². The Bertz CT molecular complexity index is 1200. The standard InChI is InChI=1S/C24H22ClFN4O2/c1-13-8-18(14(2)29-11-13)24(32)30(22(23(27)31)15-4-3-7-28-12-15)21-6-5-17-19(21)9-16(25)10-20(17)26/h3-4,7-12,21-22H,5-6H2,1-2H3,(H2,27,31)/t21-,22-/m1/s1. The Balaban J connectivity index is 1.91. The third kappa shape index (κ3) is 3.96. The molecule has 0 aliphatic heterocycles. The highest BCUT2D eigenvalue weighted by atomic mass is 35.5. The molecule has 2 N–H and O–H groups in total. The van der Waals surface area contributed by atoms with Gasteiger partial charge in [-0.05, 0) is 67.6 Å². The van der Waals surface area contributed by atoms with Crippen molar-refractivity contribution >= 4 is 23.4 Å². The molecule has 1 aromatic carbocycles. The molecule has 0 fully saturated rings. The zero-order chi connectivity index (χ0) is 23.0. The Morgan fingerprint density at radius 1 is 1.25 bits per heavy atom. The van der Waals surface area contributed by atoms with Gasteiger partial charge < -0.3 is 10.6 Å². The lowest BCUT2D eigenvalue weighted by atomic mass is 9.98. The lowest BCUT2D eigenvalue weighted by molar-refractivity contribution is -0.123. The number of aryl methyl sites for hydroxylation is 2. The SMILES string of the molecule is Cc1cnc(C)c(C(=O)N([C@@H]2CCc3c(F)cc(Cl)cc32)[C@@H](C(N)=O)c2cccnc2)c1. The summed E-state index contributed by atoms with van der Waals surface area (Å²) in [5.41, 5.74) is 9.05. The van der Waals surface area contributed by atoms with E-state index in [9.17, 15) is 14.0 Å². The molecular weight excluding hydrogens is 431 g/mol. The van der Waals surface area contributed by atoms with Crippen molar-refractivity contribution in [2.45, 2.75) is 38.8 Å². The number of hydrogen-bond donors (Lipinski definition) is 1. The summed E-state index contributed by atoms with van der Waals surface area (Å²) in [6.07, 6.45) is 5.59. The van der Waals surface area contributed by atoms with Crippen LogP contribution >= 0.6 is 11.6 Å². The quantitative estimate of drug-likeness (QED) is 0.627. The summed E-state index contributed by atoms with van der Waals surface area (Å²) in [6, 6.07) is 6.31. The van der Waals surface area contributed by atoms with Crippen molar-refractivity contribution in [2.24, 2.45) is 5.73 Å². The van der Waals surface area contributed by atoms with E-state index >= 15 is 0 Å². The average molecular weight is 453 g/mol. The van der Waals surface area contributed by atoms with Crippen LogP contribution < -0.4 is 5.73 Å². The molecule has 8 heteroatoms. The van der Waals surface area contributed by atoms with Crippen LogP contribution in [0.3, 0.4) is 0 Å². The summed E-state index contributed by atoms with van der Waals surface area (Å²) in [6.45, 7) is 3.56. The Morgan fingerprint density at radius 2 is 2.03 bits per heavy atom. The predicted octanol–water partition coefficient (Wildman–Crippen LogP) is 4.24. The zero-order valence-corrected chi connectivity index (χ0v) is 18.4. The minimum absolute atomic E-state index is 0.228. The fourth-order valence-corrected chi connectivity index (χ4v) is 4.55. The van der Waals surface area contributed by atoms with Crippen molar-refractivity contribution in [3.8, 4) is 0 Å². The topological polar surface area (TPSA) is 89.2 Å². The van der Waals surface area contributed by atoms with Gasteiger partial charge in [0.2, 0.25) is 5.91 Å². The number of rotatable bonds is 5. The van der Waals surface area contributed by atoms with Crippen molar-refractivity contribution in [2.75, 3.05) is 0 Å². The number of benzene rings is 1. The summed E-state index contributed by atoms with van der Waals surface area (Å²) in [5, 5.41) is 0.228. The maximum absolute atomic E-state index is 14.6. The lowest BCUT2D eigenvalue weighted by Gasteiger charge is -2.36. The first-order chi connectivity index (χ1) is 15.3. The minimum atomic E-state index is -1.10. The Hall–Kier alpha value is -3.32. The van der Waals surface area contributed by atoms with Gasteiger partial charge in [0.15, 0.2) is 0 Å². The number of pyridine rings is 2. The van der Waals surface area contributed by atoms with E-state index in [0.717, 1.165) is 5.56 Å². The molecule has 4 rings (SSSR count). The second-order valence-electron chi connectivity index (χ2n) is 7.96. The van der Waals surface area contributed by atoms with Gasteiger partial charge in [-0.3, -0.25) is 19.6 Å². The molecule has 0 saturated carbocycles. The third-order valence-corrected chi connectivity index (χ3v) is 6.01. The molecule has 0 bridgehead atoms. The van der Waals surface area contributed by atoms with E-state index in [4.69, 9.17) is 17.3 Å². The van der Waals surface area contributed by atoms with Gasteiger partial charge in [0.05, 0.1) is 11.6 Å². The number of hydrogen-bond acceptors (Lipinski definition) is 4. The van der Waals surface area contributed by atoms with Crippen molar-refractivity contribution in [3.05, 3.63) is 93.3 Å². The number of fused-ring (bicyclic) bond motifs is 1. The maximum Gasteiger partial charge on any atom is 0.257 e. The fourth-order valence-electron chi connectivity index (χ4n) is 4.34. The van der Waals surface area contributed by atoms with E-state index in [1.165, 1.54) is 17.2 Å². The number of halogens is 2. The van der Waals surface area contributed by atoms with Gasteiger partial charge in [0, 0.05) is 34.9 Å². The smallest absolute Gasteiger partial charge is 0.257 e. The highest BCUT2D eigenvalue weighted by Gasteiger charge is 2.41. The summed E-state index contributed by atoms with van der Waals surface area (Å²) in [7, 11) is 0. The van der Waals surface area contributed by atoms with Crippen LogP contribution in [-0.2, 0) is 11.2 Å². The Kier molecular flexibility index (Phi) is 5.93. The van der Waals surface area contributed by atoms with Crippen LogP contribution in [-0.4, -0.2) is 26.7 Å². The number of carbonyl (C=O) groups is 2. The van der Waals surface area contributed by atoms with E-state index in [1.54, 1.807) is 43.6 Å². The molecule has 32 heavy (non-hydrogen) atoms. The third-order valence-electron chi connectivity index (χ3n) is 5.79. The first-order valence-electron chi connectivity index (χ1n) is 10.2. The van der Waals surface area contributed by atoms with Crippen molar-refractivity contribution in [3.63, 3.8) is 0 Å². The normalized spacial score (nSPS) is 15.8. The van der Waals surface area contributed by atoms with Crippen LogP contribution in [0.4, 0.5) is 4.39 Å². The monoisotopic (exact) mass is 452 g/mol. The number of primary amides is 1. The summed E-state index contributed by atoms with van der Waals surface area (Å²) < 4.78 is 14.6. The Labute approximate surface area is 190 Å². The fraction of sp³-hybridized carbons (Fsp3) is 0.250. The number of carbonyl (C=O) groups excluding carboxylic acids is 2. The Morgan fingerprint density at radius 3 is 2.72 bits per heavy atom. The predicted molar refractivity (Wildman–Crippen MR) is 119 cm³/mol.